The van der Waals surface area contributed by atoms with Crippen molar-refractivity contribution in [2.24, 2.45) is 0 Å². The number of piperidine rings is 1. The summed E-state index contributed by atoms with van der Waals surface area (Å²) >= 11 is 9.80. The number of pyridine rings is 1. The first-order valence-corrected chi connectivity index (χ1v) is 8.29. The van der Waals surface area contributed by atoms with Crippen LogP contribution >= 0.6 is 27.5 Å². The summed E-state index contributed by atoms with van der Waals surface area (Å²) < 4.78 is 0.915. The minimum absolute atomic E-state index is 0.302. The number of rotatable bonds is 2. The molecule has 1 aliphatic rings. The Bertz CT molecular complexity index is 753. The summed E-state index contributed by atoms with van der Waals surface area (Å²) in [5.74, 6) is 0. The standard InChI is InChI=1S/C15H15BrClN3O3/c16-8-1-2-11-9(5-8)14(10(17)6-18-11)20-4-3-12(13(21)7-20)19-15(22)23/h1-2,5-6,12-13,19,21H,3-4,7H2,(H,22,23)/t12-,13+/m0/s1. The van der Waals surface area contributed by atoms with Crippen molar-refractivity contribution in [2.45, 2.75) is 18.6 Å². The van der Waals surface area contributed by atoms with Crippen LogP contribution in [0.25, 0.3) is 10.9 Å². The summed E-state index contributed by atoms with van der Waals surface area (Å²) in [6.07, 6.45) is 0.174. The number of carboxylic acid groups (broad SMARTS) is 1. The van der Waals surface area contributed by atoms with Crippen molar-refractivity contribution >= 4 is 50.2 Å². The van der Waals surface area contributed by atoms with Crippen LogP contribution in [0.3, 0.4) is 0 Å². The minimum Gasteiger partial charge on any atom is -0.465 e. The monoisotopic (exact) mass is 399 g/mol. The quantitative estimate of drug-likeness (QED) is 0.722. The molecule has 0 bridgehead atoms. The van der Waals surface area contributed by atoms with Gasteiger partial charge in [0, 0.05) is 29.1 Å². The molecule has 0 unspecified atom stereocenters. The van der Waals surface area contributed by atoms with Crippen LogP contribution in [0.1, 0.15) is 6.42 Å². The molecule has 122 valence electrons. The van der Waals surface area contributed by atoms with Crippen molar-refractivity contribution in [3.63, 3.8) is 0 Å². The first-order valence-electron chi connectivity index (χ1n) is 7.12. The van der Waals surface area contributed by atoms with E-state index in [1.165, 1.54) is 0 Å². The third kappa shape index (κ3) is 3.36. The molecule has 2 heterocycles. The minimum atomic E-state index is -1.13. The predicted octanol–water partition coefficient (Wildman–Crippen LogP) is 2.86. The van der Waals surface area contributed by atoms with Gasteiger partial charge in [-0.05, 0) is 24.6 Å². The number of nitrogens with zero attached hydrogens (tertiary/aromatic N) is 2. The maximum absolute atomic E-state index is 10.8. The maximum atomic E-state index is 10.8. The number of hydrogen-bond acceptors (Lipinski definition) is 4. The maximum Gasteiger partial charge on any atom is 0.404 e. The molecule has 8 heteroatoms. The van der Waals surface area contributed by atoms with Crippen LogP contribution in [0.5, 0.6) is 0 Å². The number of halogens is 2. The number of amides is 1. The lowest BCUT2D eigenvalue weighted by atomic mass is 10.0. The highest BCUT2D eigenvalue weighted by atomic mass is 79.9. The van der Waals surface area contributed by atoms with Gasteiger partial charge in [-0.3, -0.25) is 4.98 Å². The van der Waals surface area contributed by atoms with Crippen LogP contribution in [0.4, 0.5) is 10.5 Å². The first-order chi connectivity index (χ1) is 11.0. The van der Waals surface area contributed by atoms with Gasteiger partial charge in [-0.2, -0.15) is 0 Å². The average molecular weight is 401 g/mol. The zero-order valence-corrected chi connectivity index (χ0v) is 14.4. The second kappa shape index (κ2) is 6.51. The molecule has 0 spiro atoms. The molecule has 23 heavy (non-hydrogen) atoms. The fourth-order valence-corrected chi connectivity index (χ4v) is 3.54. The lowest BCUT2D eigenvalue weighted by Gasteiger charge is -2.37. The molecule has 1 saturated heterocycles. The SMILES string of the molecule is O=C(O)N[C@H]1CCN(c2c(Cl)cnc3ccc(Br)cc23)C[C@H]1O. The summed E-state index contributed by atoms with van der Waals surface area (Å²) in [6, 6.07) is 5.28. The Balaban J connectivity index is 1.93. The Kier molecular flexibility index (Phi) is 4.61. The van der Waals surface area contributed by atoms with Gasteiger partial charge in [-0.15, -0.1) is 0 Å². The number of carbonyl (C=O) groups is 1. The third-order valence-electron chi connectivity index (χ3n) is 3.96. The molecule has 1 fully saturated rings. The van der Waals surface area contributed by atoms with E-state index in [0.29, 0.717) is 24.5 Å². The molecule has 2 atom stereocenters. The number of fused-ring (bicyclic) bond motifs is 1. The van der Waals surface area contributed by atoms with Crippen LogP contribution in [-0.2, 0) is 0 Å². The second-order valence-electron chi connectivity index (χ2n) is 5.47. The van der Waals surface area contributed by atoms with Crippen molar-refractivity contribution in [1.82, 2.24) is 10.3 Å². The smallest absolute Gasteiger partial charge is 0.404 e. The van der Waals surface area contributed by atoms with E-state index in [9.17, 15) is 9.90 Å². The molecule has 1 aliphatic heterocycles. The first kappa shape index (κ1) is 16.3. The second-order valence-corrected chi connectivity index (χ2v) is 6.80. The van der Waals surface area contributed by atoms with Crippen LogP contribution in [-0.4, -0.2) is 46.5 Å². The zero-order valence-electron chi connectivity index (χ0n) is 12.0. The lowest BCUT2D eigenvalue weighted by Crippen LogP contribution is -2.54. The highest BCUT2D eigenvalue weighted by molar-refractivity contribution is 9.10. The largest absolute Gasteiger partial charge is 0.465 e. The summed E-state index contributed by atoms with van der Waals surface area (Å²) in [5, 5.41) is 22.8. The average Bonchev–Trinajstić information content (AvgIpc) is 2.49. The van der Waals surface area contributed by atoms with Gasteiger partial charge in [0.15, 0.2) is 0 Å². The molecular weight excluding hydrogens is 386 g/mol. The van der Waals surface area contributed by atoms with Gasteiger partial charge in [0.05, 0.1) is 28.4 Å². The van der Waals surface area contributed by atoms with E-state index in [1.807, 2.05) is 23.1 Å². The zero-order chi connectivity index (χ0) is 16.6. The van der Waals surface area contributed by atoms with Crippen molar-refractivity contribution in [3.05, 3.63) is 33.9 Å². The van der Waals surface area contributed by atoms with Crippen molar-refractivity contribution in [1.29, 1.82) is 0 Å². The number of aromatic nitrogens is 1. The van der Waals surface area contributed by atoms with Crippen LogP contribution in [0, 0.1) is 0 Å². The number of anilines is 1. The van der Waals surface area contributed by atoms with Crippen molar-refractivity contribution < 1.29 is 15.0 Å². The van der Waals surface area contributed by atoms with Crippen molar-refractivity contribution in [2.75, 3.05) is 18.0 Å². The summed E-state index contributed by atoms with van der Waals surface area (Å²) in [6.45, 7) is 0.893. The Morgan fingerprint density at radius 1 is 1.48 bits per heavy atom. The Hall–Kier alpha value is -1.57. The molecule has 1 aromatic carbocycles. The van der Waals surface area contributed by atoms with E-state index < -0.39 is 18.2 Å². The summed E-state index contributed by atoms with van der Waals surface area (Å²) in [7, 11) is 0. The van der Waals surface area contributed by atoms with Gasteiger partial charge in [0.1, 0.15) is 0 Å². The normalized spacial score (nSPS) is 21.4. The highest BCUT2D eigenvalue weighted by Gasteiger charge is 2.30. The van der Waals surface area contributed by atoms with E-state index in [1.54, 1.807) is 6.20 Å². The van der Waals surface area contributed by atoms with E-state index in [-0.39, 0.29) is 0 Å². The Morgan fingerprint density at radius 3 is 2.96 bits per heavy atom. The molecule has 0 saturated carbocycles. The van der Waals surface area contributed by atoms with Gasteiger partial charge in [-0.1, -0.05) is 27.5 Å². The van der Waals surface area contributed by atoms with E-state index in [4.69, 9.17) is 16.7 Å². The fraction of sp³-hybridized carbons (Fsp3) is 0.333. The third-order valence-corrected chi connectivity index (χ3v) is 4.73. The molecular formula is C15H15BrClN3O3. The van der Waals surface area contributed by atoms with Gasteiger partial charge < -0.3 is 20.4 Å². The van der Waals surface area contributed by atoms with Crippen LogP contribution in [0.15, 0.2) is 28.9 Å². The fourth-order valence-electron chi connectivity index (χ4n) is 2.91. The number of aliphatic hydroxyl groups is 1. The summed E-state index contributed by atoms with van der Waals surface area (Å²) in [5.41, 5.74) is 1.62. The van der Waals surface area contributed by atoms with E-state index in [2.05, 4.69) is 26.2 Å². The number of nitrogens with one attached hydrogen (secondary N) is 1. The van der Waals surface area contributed by atoms with Crippen LogP contribution < -0.4 is 10.2 Å². The van der Waals surface area contributed by atoms with Gasteiger partial charge in [-0.25, -0.2) is 4.79 Å². The Labute approximate surface area is 146 Å². The molecule has 2 aromatic rings. The van der Waals surface area contributed by atoms with Crippen molar-refractivity contribution in [3.8, 4) is 0 Å². The number of β-amino-alcohol motifs (C(OH)–C–C–N with tert-alkyl or cyclic N) is 1. The number of benzene rings is 1. The highest BCUT2D eigenvalue weighted by Crippen LogP contribution is 2.36. The molecule has 0 radical (unpaired) electrons. The number of hydrogen-bond donors (Lipinski definition) is 3. The van der Waals surface area contributed by atoms with E-state index >= 15 is 0 Å². The van der Waals surface area contributed by atoms with E-state index in [0.717, 1.165) is 21.1 Å². The molecule has 3 N–H and O–H groups in total. The molecule has 1 aromatic heterocycles. The molecule has 6 nitrogen and oxygen atoms in total. The summed E-state index contributed by atoms with van der Waals surface area (Å²) in [4.78, 5) is 17.1. The lowest BCUT2D eigenvalue weighted by molar-refractivity contribution is 0.108. The molecule has 0 aliphatic carbocycles. The van der Waals surface area contributed by atoms with Gasteiger partial charge in [0.25, 0.3) is 0 Å². The van der Waals surface area contributed by atoms with Gasteiger partial charge in [0.2, 0.25) is 0 Å². The Morgan fingerprint density at radius 2 is 2.26 bits per heavy atom. The molecule has 3 rings (SSSR count). The number of aliphatic hydroxyl groups excluding tert-OH is 1. The predicted molar refractivity (Wildman–Crippen MR) is 92.2 cm³/mol. The molecule has 1 amide bonds. The van der Waals surface area contributed by atoms with Gasteiger partial charge >= 0.3 is 6.09 Å². The topological polar surface area (TPSA) is 85.7 Å². The van der Waals surface area contributed by atoms with Crippen LogP contribution in [0.2, 0.25) is 5.02 Å².